The van der Waals surface area contributed by atoms with Gasteiger partial charge in [0.1, 0.15) is 28.6 Å². The van der Waals surface area contributed by atoms with Crippen LogP contribution in [0.25, 0.3) is 0 Å². The van der Waals surface area contributed by atoms with Crippen LogP contribution in [0.3, 0.4) is 0 Å². The number of hydrazone groups is 1. The molecule has 16 N–H and O–H groups in total. The lowest BCUT2D eigenvalue weighted by Gasteiger charge is -2.43. The van der Waals surface area contributed by atoms with Gasteiger partial charge in [0.2, 0.25) is 10.9 Å². The number of hydrazine groups is 1. The van der Waals surface area contributed by atoms with Gasteiger partial charge >= 0.3 is 20.6 Å². The highest BCUT2D eigenvalue weighted by molar-refractivity contribution is 7.80. The highest BCUT2D eigenvalue weighted by Gasteiger charge is 2.69. The number of aromatic hydroxyl groups is 2. The first kappa shape index (κ1) is 54.0. The van der Waals surface area contributed by atoms with Crippen LogP contribution in [0.15, 0.2) is 47.6 Å². The molecule has 0 bridgehead atoms. The van der Waals surface area contributed by atoms with Crippen molar-refractivity contribution in [1.82, 2.24) is 21.2 Å². The van der Waals surface area contributed by atoms with Crippen LogP contribution in [0.2, 0.25) is 0 Å². The molecule has 3 aromatic carbocycles. The van der Waals surface area contributed by atoms with Crippen molar-refractivity contribution < 1.29 is 88.2 Å². The summed E-state index contributed by atoms with van der Waals surface area (Å²) in [4.78, 5) is 76.8. The highest BCUT2D eigenvalue weighted by atomic mass is 32.1. The SMILES string of the molecule is COc1cccc2c1C(=O)c1c(O)c3c(c(O)c1C2=O)C[C@@](O)(/C(CO)=N/NC(=S)NNCc1cccc(OCCCN(C)CCC(O)(P(=O)(O)O)[P+](O)(O)O)c1)C[C@@H]3O[C@H]1C[C@H](N)[C@H](O)[C@H](C)O1. The zero-order valence-corrected chi connectivity index (χ0v) is 40.2. The minimum Gasteiger partial charge on any atom is -0.507 e. The van der Waals surface area contributed by atoms with Crippen molar-refractivity contribution in [2.45, 2.75) is 86.9 Å². The van der Waals surface area contributed by atoms with Crippen LogP contribution in [0, 0.1) is 0 Å². The molecule has 0 aromatic heterocycles. The molecule has 0 amide bonds. The zero-order valence-electron chi connectivity index (χ0n) is 37.6. The summed E-state index contributed by atoms with van der Waals surface area (Å²) >= 11 is 5.37. The number of carbonyl (C=O) groups excluding carboxylic acids is 2. The van der Waals surface area contributed by atoms with Gasteiger partial charge in [0.05, 0.1) is 61.0 Å². The van der Waals surface area contributed by atoms with E-state index >= 15 is 0 Å². The fourth-order valence-electron chi connectivity index (χ4n) is 8.46. The number of thiocarbonyl (C=S) groups is 1. The summed E-state index contributed by atoms with van der Waals surface area (Å²) in [5.74, 6) is -2.44. The van der Waals surface area contributed by atoms with Gasteiger partial charge in [-0.25, -0.2) is 5.43 Å². The first-order valence-electron chi connectivity index (χ1n) is 21.4. The van der Waals surface area contributed by atoms with Crippen molar-refractivity contribution in [3.63, 3.8) is 0 Å². The Balaban J connectivity index is 1.12. The largest absolute Gasteiger partial charge is 0.507 e. The number of aliphatic hydroxyl groups is 4. The van der Waals surface area contributed by atoms with E-state index in [9.17, 15) is 69.3 Å². The van der Waals surface area contributed by atoms with Crippen molar-refractivity contribution in [2.75, 3.05) is 40.5 Å². The van der Waals surface area contributed by atoms with Gasteiger partial charge in [-0.3, -0.25) is 25.0 Å². The molecule has 1 heterocycles. The molecule has 7 atom stereocenters. The van der Waals surface area contributed by atoms with Crippen LogP contribution in [0.4, 0.5) is 0 Å². The van der Waals surface area contributed by atoms with E-state index in [2.05, 4.69) is 21.4 Å². The Morgan fingerprint density at radius 3 is 2.43 bits per heavy atom. The number of ketones is 2. The fourth-order valence-corrected chi connectivity index (χ4v) is 10.8. The third-order valence-corrected chi connectivity index (χ3v) is 16.4. The molecule has 378 valence electrons. The smallest absolute Gasteiger partial charge is 0.451 e. The van der Waals surface area contributed by atoms with Gasteiger partial charge in [0, 0.05) is 68.0 Å². The van der Waals surface area contributed by atoms with Gasteiger partial charge in [-0.1, -0.05) is 24.3 Å². The van der Waals surface area contributed by atoms with Gasteiger partial charge in [-0.15, -0.1) is 0 Å². The maximum absolute atomic E-state index is 14.1. The molecular formula is C42H57N6O18P2S+. The number of hydrogen-bond donors (Lipinski definition) is 15. The Hall–Kier alpha value is -4.34. The molecule has 0 spiro atoms. The monoisotopic (exact) mass is 1030 g/mol. The molecule has 24 nitrogen and oxygen atoms in total. The Morgan fingerprint density at radius 1 is 1.09 bits per heavy atom. The molecule has 2 aliphatic carbocycles. The van der Waals surface area contributed by atoms with E-state index in [-0.39, 0.29) is 64.9 Å². The van der Waals surface area contributed by atoms with E-state index in [0.717, 1.165) is 5.56 Å². The van der Waals surface area contributed by atoms with Gasteiger partial charge in [0.25, 0.3) is 0 Å². The van der Waals surface area contributed by atoms with E-state index in [1.54, 1.807) is 43.1 Å². The highest BCUT2D eigenvalue weighted by Crippen LogP contribution is 2.73. The molecule has 1 unspecified atom stereocenters. The summed E-state index contributed by atoms with van der Waals surface area (Å²) in [5, 5.41) is 68.0. The van der Waals surface area contributed by atoms with E-state index in [0.29, 0.717) is 18.7 Å². The second kappa shape index (κ2) is 21.6. The Kier molecular flexibility index (Phi) is 16.9. The minimum absolute atomic E-state index is 0.0321. The number of aliphatic hydroxyl groups excluding tert-OH is 2. The first-order valence-corrected chi connectivity index (χ1v) is 25.1. The number of hydrogen-bond acceptors (Lipinski definition) is 21. The summed E-state index contributed by atoms with van der Waals surface area (Å²) in [7, 11) is -7.93. The molecule has 6 rings (SSSR count). The number of carbonyl (C=O) groups is 2. The molecule has 0 radical (unpaired) electrons. The van der Waals surface area contributed by atoms with Crippen molar-refractivity contribution in [3.05, 3.63) is 81.4 Å². The van der Waals surface area contributed by atoms with Gasteiger partial charge < -0.3 is 70.0 Å². The van der Waals surface area contributed by atoms with Crippen LogP contribution in [0.5, 0.6) is 23.0 Å². The van der Waals surface area contributed by atoms with Gasteiger partial charge in [0.15, 0.2) is 12.1 Å². The van der Waals surface area contributed by atoms with Crippen molar-refractivity contribution >= 4 is 50.1 Å². The number of rotatable bonds is 19. The lowest BCUT2D eigenvalue weighted by molar-refractivity contribution is -0.245. The molecule has 3 aliphatic rings. The van der Waals surface area contributed by atoms with Crippen LogP contribution >= 0.6 is 27.8 Å². The van der Waals surface area contributed by atoms with E-state index in [4.69, 9.17) is 36.9 Å². The zero-order chi connectivity index (χ0) is 50.8. The van der Waals surface area contributed by atoms with Crippen LogP contribution in [-0.2, 0) is 27.0 Å². The summed E-state index contributed by atoms with van der Waals surface area (Å²) < 4.78 is 35.0. The van der Waals surface area contributed by atoms with Crippen LogP contribution in [0.1, 0.15) is 87.2 Å². The number of benzene rings is 3. The van der Waals surface area contributed by atoms with Gasteiger partial charge in [-0.05, 0) is 56.4 Å². The average molecular weight is 1030 g/mol. The third kappa shape index (κ3) is 11.4. The topological polar surface area (TPSA) is 388 Å². The molecule has 1 aliphatic heterocycles. The fraction of sp³-hybridized carbons (Fsp3) is 0.476. The second-order valence-corrected chi connectivity index (χ2v) is 21.5. The molecule has 69 heavy (non-hydrogen) atoms. The number of fused-ring (bicyclic) bond motifs is 3. The first-order chi connectivity index (χ1) is 32.3. The molecule has 3 aromatic rings. The lowest BCUT2D eigenvalue weighted by atomic mass is 9.71. The molecular weight excluding hydrogens is 971 g/mol. The molecule has 1 fully saturated rings. The van der Waals surface area contributed by atoms with Crippen molar-refractivity contribution in [2.24, 2.45) is 10.8 Å². The quantitative estimate of drug-likeness (QED) is 0.0142. The number of methoxy groups -OCH3 is 1. The van der Waals surface area contributed by atoms with Gasteiger partial charge in [-0.2, -0.15) is 19.8 Å². The Labute approximate surface area is 401 Å². The van der Waals surface area contributed by atoms with E-state index < -0.39 is 117 Å². The summed E-state index contributed by atoms with van der Waals surface area (Å²) in [5.41, 5.74) is 11.1. The van der Waals surface area contributed by atoms with E-state index in [1.807, 2.05) is 0 Å². The molecule has 0 saturated carbocycles. The number of nitrogens with two attached hydrogens (primary N) is 1. The van der Waals surface area contributed by atoms with Crippen molar-refractivity contribution in [3.8, 4) is 23.0 Å². The molecule has 1 saturated heterocycles. The number of ether oxygens (including phenoxy) is 4. The average Bonchev–Trinajstić information content (AvgIpc) is 3.28. The Morgan fingerprint density at radius 2 is 1.78 bits per heavy atom. The van der Waals surface area contributed by atoms with Crippen LogP contribution < -0.4 is 31.5 Å². The maximum atomic E-state index is 14.1. The third-order valence-electron chi connectivity index (χ3n) is 12.2. The summed E-state index contributed by atoms with van der Waals surface area (Å²) in [6.45, 7) is 1.24. The number of phenolic OH excluding ortho intramolecular Hbond substituents is 2. The lowest BCUT2D eigenvalue weighted by Crippen LogP contribution is -2.53. The standard InChI is InChI=1S/C42H56N6O18P2S/c1-21-35(50)26(43)16-30(65-21)66-28-18-41(55,17-25-32(28)39(54)34-33(37(25)52)36(51)24-9-5-10-27(63-3)31(24)38(34)53)29(20-49)45-47-40(69)46-44-19-22-7-4-8-23(15-22)64-14-6-12-48(2)13-11-42(56,67(57,58)59)68(60,61)62/h4-5,7-10,15,21,26,28,30,35,49-50,55-59H,6,11-14,16-20,43H2,1-3H3,(H6-,44,46,47,51,52,53,54,60,61,62,69)/p+1/b45-29+/t21-,26-,28-,30-,35+,41-,42?/m0/s1. The van der Waals surface area contributed by atoms with E-state index in [1.165, 1.54) is 25.3 Å². The summed E-state index contributed by atoms with van der Waals surface area (Å²) in [6, 6.07) is 10.5. The number of nitrogens with one attached hydrogen (secondary N) is 3. The number of nitrogens with zero attached hydrogens (tertiary/aromatic N) is 2. The van der Waals surface area contributed by atoms with Crippen molar-refractivity contribution in [1.29, 1.82) is 0 Å². The second-order valence-electron chi connectivity index (χ2n) is 17.0. The molecule has 27 heteroatoms. The normalized spacial score (nSPS) is 23.7. The number of phenols is 2. The summed E-state index contributed by atoms with van der Waals surface area (Å²) in [6.07, 6.45) is -5.75. The Bertz CT molecular complexity index is 2500. The predicted octanol–water partition coefficient (Wildman–Crippen LogP) is -0.389. The predicted molar refractivity (Wildman–Crippen MR) is 249 cm³/mol. The van der Waals surface area contributed by atoms with Crippen LogP contribution in [-0.4, -0.2) is 158 Å². The maximum Gasteiger partial charge on any atom is 0.451 e. The minimum atomic E-state index is -5.50.